The number of carbonyl (C=O) groups excluding carboxylic acids is 2. The van der Waals surface area contributed by atoms with E-state index >= 15 is 0 Å². The molecular formula is C15H19Cl2N3O2. The van der Waals surface area contributed by atoms with Crippen molar-refractivity contribution in [2.24, 2.45) is 5.92 Å². The van der Waals surface area contributed by atoms with E-state index in [1.165, 1.54) is 6.07 Å². The van der Waals surface area contributed by atoms with Gasteiger partial charge in [-0.1, -0.05) is 30.1 Å². The van der Waals surface area contributed by atoms with Crippen LogP contribution in [0.3, 0.4) is 0 Å². The van der Waals surface area contributed by atoms with E-state index in [4.69, 9.17) is 23.2 Å². The summed E-state index contributed by atoms with van der Waals surface area (Å²) in [7, 11) is 0. The van der Waals surface area contributed by atoms with E-state index in [-0.39, 0.29) is 24.4 Å². The van der Waals surface area contributed by atoms with Crippen LogP contribution in [0.15, 0.2) is 18.2 Å². The molecule has 1 fully saturated rings. The van der Waals surface area contributed by atoms with Crippen molar-refractivity contribution in [1.29, 1.82) is 0 Å². The molecule has 5 nitrogen and oxygen atoms in total. The van der Waals surface area contributed by atoms with Crippen LogP contribution in [-0.2, 0) is 4.79 Å². The van der Waals surface area contributed by atoms with Crippen LogP contribution in [-0.4, -0.2) is 37.5 Å². The van der Waals surface area contributed by atoms with Gasteiger partial charge >= 0.3 is 0 Å². The standard InChI is InChI=1S/C15H19Cl2N3O2/c1-9-7-18-5-4-13(9)20-14(21)8-19-15(22)10-2-3-11(16)12(17)6-10/h2-3,6,9,13,18H,4-5,7-8H2,1H3,(H,19,22)(H,20,21). The van der Waals surface area contributed by atoms with Crippen molar-refractivity contribution < 1.29 is 9.59 Å². The lowest BCUT2D eigenvalue weighted by molar-refractivity contribution is -0.121. The minimum atomic E-state index is -0.355. The maximum Gasteiger partial charge on any atom is 0.251 e. The van der Waals surface area contributed by atoms with Gasteiger partial charge in [-0.05, 0) is 43.6 Å². The zero-order valence-electron chi connectivity index (χ0n) is 12.3. The smallest absolute Gasteiger partial charge is 0.251 e. The van der Waals surface area contributed by atoms with Crippen molar-refractivity contribution in [3.63, 3.8) is 0 Å². The van der Waals surface area contributed by atoms with Crippen LogP contribution in [0.5, 0.6) is 0 Å². The van der Waals surface area contributed by atoms with Crippen molar-refractivity contribution >= 4 is 35.0 Å². The minimum absolute atomic E-state index is 0.0598. The maximum atomic E-state index is 12.0. The third-order valence-electron chi connectivity index (χ3n) is 3.72. The van der Waals surface area contributed by atoms with Crippen molar-refractivity contribution in [1.82, 2.24) is 16.0 Å². The molecule has 1 heterocycles. The zero-order chi connectivity index (χ0) is 16.1. The highest BCUT2D eigenvalue weighted by Gasteiger charge is 2.22. The van der Waals surface area contributed by atoms with Crippen LogP contribution in [0.25, 0.3) is 0 Å². The Morgan fingerprint density at radius 2 is 2.09 bits per heavy atom. The molecule has 22 heavy (non-hydrogen) atoms. The predicted molar refractivity (Wildman–Crippen MR) is 87.4 cm³/mol. The molecule has 120 valence electrons. The summed E-state index contributed by atoms with van der Waals surface area (Å²) < 4.78 is 0. The second-order valence-electron chi connectivity index (χ2n) is 5.46. The molecule has 1 aliphatic rings. The van der Waals surface area contributed by atoms with E-state index in [0.29, 0.717) is 21.5 Å². The van der Waals surface area contributed by atoms with E-state index in [1.54, 1.807) is 12.1 Å². The SMILES string of the molecule is CC1CNCCC1NC(=O)CNC(=O)c1ccc(Cl)c(Cl)c1. The monoisotopic (exact) mass is 343 g/mol. The van der Waals surface area contributed by atoms with Crippen LogP contribution in [0.1, 0.15) is 23.7 Å². The normalized spacial score (nSPS) is 21.2. The first-order valence-electron chi connectivity index (χ1n) is 7.20. The number of piperidine rings is 1. The van der Waals surface area contributed by atoms with Gasteiger partial charge in [-0.2, -0.15) is 0 Å². The lowest BCUT2D eigenvalue weighted by Gasteiger charge is -2.30. The molecule has 1 aromatic carbocycles. The number of amides is 2. The molecule has 0 aliphatic carbocycles. The Kier molecular flexibility index (Phi) is 6.06. The molecule has 2 rings (SSSR count). The van der Waals surface area contributed by atoms with Gasteiger partial charge in [0, 0.05) is 11.6 Å². The predicted octanol–water partition coefficient (Wildman–Crippen LogP) is 1.84. The number of hydrogen-bond donors (Lipinski definition) is 3. The third kappa shape index (κ3) is 4.60. The number of hydrogen-bond acceptors (Lipinski definition) is 3. The number of halogens is 2. The zero-order valence-corrected chi connectivity index (χ0v) is 13.8. The second-order valence-corrected chi connectivity index (χ2v) is 6.27. The van der Waals surface area contributed by atoms with Gasteiger partial charge in [-0.25, -0.2) is 0 Å². The topological polar surface area (TPSA) is 70.2 Å². The van der Waals surface area contributed by atoms with E-state index in [1.807, 2.05) is 0 Å². The summed E-state index contributed by atoms with van der Waals surface area (Å²) >= 11 is 11.7. The Hall–Kier alpha value is -1.30. The van der Waals surface area contributed by atoms with E-state index in [0.717, 1.165) is 19.5 Å². The van der Waals surface area contributed by atoms with Crippen molar-refractivity contribution in [2.45, 2.75) is 19.4 Å². The average molecular weight is 344 g/mol. The first-order valence-corrected chi connectivity index (χ1v) is 7.96. The molecule has 0 saturated carbocycles. The van der Waals surface area contributed by atoms with Gasteiger partial charge < -0.3 is 16.0 Å². The number of rotatable bonds is 4. The molecular weight excluding hydrogens is 325 g/mol. The highest BCUT2D eigenvalue weighted by atomic mass is 35.5. The lowest BCUT2D eigenvalue weighted by atomic mass is 9.95. The van der Waals surface area contributed by atoms with Gasteiger partial charge in [-0.3, -0.25) is 9.59 Å². The molecule has 1 aliphatic heterocycles. The highest BCUT2D eigenvalue weighted by Crippen LogP contribution is 2.22. The third-order valence-corrected chi connectivity index (χ3v) is 4.46. The Morgan fingerprint density at radius 1 is 1.32 bits per heavy atom. The largest absolute Gasteiger partial charge is 0.351 e. The quantitative estimate of drug-likeness (QED) is 0.781. The molecule has 0 bridgehead atoms. The molecule has 2 atom stereocenters. The molecule has 2 amide bonds. The first kappa shape index (κ1) is 17.1. The van der Waals surface area contributed by atoms with Gasteiger partial charge in [0.1, 0.15) is 0 Å². The Bertz CT molecular complexity index is 566. The van der Waals surface area contributed by atoms with Crippen molar-refractivity contribution in [3.8, 4) is 0 Å². The fourth-order valence-electron chi connectivity index (χ4n) is 2.39. The van der Waals surface area contributed by atoms with Gasteiger partial charge in [0.15, 0.2) is 0 Å². The van der Waals surface area contributed by atoms with Crippen LogP contribution in [0, 0.1) is 5.92 Å². The minimum Gasteiger partial charge on any atom is -0.351 e. The second kappa shape index (κ2) is 7.81. The van der Waals surface area contributed by atoms with Crippen molar-refractivity contribution in [3.05, 3.63) is 33.8 Å². The van der Waals surface area contributed by atoms with Crippen LogP contribution < -0.4 is 16.0 Å². The molecule has 1 saturated heterocycles. The fraction of sp³-hybridized carbons (Fsp3) is 0.467. The average Bonchev–Trinajstić information content (AvgIpc) is 2.50. The summed E-state index contributed by atoms with van der Waals surface area (Å²) in [6.07, 6.45) is 0.896. The Morgan fingerprint density at radius 3 is 2.77 bits per heavy atom. The number of carbonyl (C=O) groups is 2. The van der Waals surface area contributed by atoms with E-state index < -0.39 is 0 Å². The Balaban J connectivity index is 1.82. The highest BCUT2D eigenvalue weighted by molar-refractivity contribution is 6.42. The fourth-order valence-corrected chi connectivity index (χ4v) is 2.68. The lowest BCUT2D eigenvalue weighted by Crippen LogP contribution is -2.50. The Labute approximate surface area is 139 Å². The number of benzene rings is 1. The van der Waals surface area contributed by atoms with E-state index in [2.05, 4.69) is 22.9 Å². The van der Waals surface area contributed by atoms with Gasteiger partial charge in [0.25, 0.3) is 5.91 Å². The van der Waals surface area contributed by atoms with Gasteiger partial charge in [-0.15, -0.1) is 0 Å². The molecule has 7 heteroatoms. The first-order chi connectivity index (χ1) is 10.5. The number of nitrogens with one attached hydrogen (secondary N) is 3. The van der Waals surface area contributed by atoms with Crippen LogP contribution in [0.2, 0.25) is 10.0 Å². The molecule has 2 unspecified atom stereocenters. The summed E-state index contributed by atoms with van der Waals surface area (Å²) in [5.41, 5.74) is 0.373. The molecule has 0 spiro atoms. The van der Waals surface area contributed by atoms with Crippen LogP contribution >= 0.6 is 23.2 Å². The van der Waals surface area contributed by atoms with Gasteiger partial charge in [0.2, 0.25) is 5.91 Å². The summed E-state index contributed by atoms with van der Waals surface area (Å²) in [5.74, 6) is -0.164. The van der Waals surface area contributed by atoms with Crippen molar-refractivity contribution in [2.75, 3.05) is 19.6 Å². The molecule has 0 radical (unpaired) electrons. The summed E-state index contributed by atoms with van der Waals surface area (Å²) in [5, 5.41) is 9.50. The summed E-state index contributed by atoms with van der Waals surface area (Å²) in [6.45, 7) is 3.81. The van der Waals surface area contributed by atoms with E-state index in [9.17, 15) is 9.59 Å². The molecule has 0 aromatic heterocycles. The molecule has 1 aromatic rings. The van der Waals surface area contributed by atoms with Crippen LogP contribution in [0.4, 0.5) is 0 Å². The molecule has 3 N–H and O–H groups in total. The summed E-state index contributed by atoms with van der Waals surface area (Å²) in [6, 6.07) is 4.74. The van der Waals surface area contributed by atoms with Gasteiger partial charge in [0.05, 0.1) is 16.6 Å². The summed E-state index contributed by atoms with van der Waals surface area (Å²) in [4.78, 5) is 23.9. The maximum absolute atomic E-state index is 12.0.